The number of nitrogens with one attached hydrogen (secondary N) is 1. The average Bonchev–Trinajstić information content (AvgIpc) is 2.67. The van der Waals surface area contributed by atoms with E-state index in [1.807, 2.05) is 20.8 Å². The maximum absolute atomic E-state index is 13.7. The first-order chi connectivity index (χ1) is 9.31. The molecule has 0 unspecified atom stereocenters. The Morgan fingerprint density at radius 2 is 2.15 bits per heavy atom. The highest BCUT2D eigenvalue weighted by molar-refractivity contribution is 6.16. The molecule has 2 aromatic rings. The summed E-state index contributed by atoms with van der Waals surface area (Å²) in [6, 6.07) is 4.66. The number of nitrogens with zero attached hydrogens (tertiary/aromatic N) is 2. The minimum absolute atomic E-state index is 0.0687. The summed E-state index contributed by atoms with van der Waals surface area (Å²) in [4.78, 5) is 16.2. The van der Waals surface area contributed by atoms with E-state index in [0.29, 0.717) is 11.3 Å². The molecule has 1 N–H and O–H groups in total. The lowest BCUT2D eigenvalue weighted by molar-refractivity contribution is -0.123. The molecule has 108 valence electrons. The highest BCUT2D eigenvalue weighted by Crippen LogP contribution is 2.20. The zero-order valence-electron chi connectivity index (χ0n) is 11.7. The molecule has 1 heterocycles. The fourth-order valence-corrected chi connectivity index (χ4v) is 2.24. The molecule has 4 nitrogen and oxygen atoms in total. The lowest BCUT2D eigenvalue weighted by atomic mass is 10.1. The summed E-state index contributed by atoms with van der Waals surface area (Å²) < 4.78 is 15.4. The predicted molar refractivity (Wildman–Crippen MR) is 77.1 cm³/mol. The summed E-state index contributed by atoms with van der Waals surface area (Å²) in [6.07, 6.45) is 0. The lowest BCUT2D eigenvalue weighted by Crippen LogP contribution is -2.42. The number of imidazole rings is 1. The van der Waals surface area contributed by atoms with Crippen LogP contribution in [0, 0.1) is 5.82 Å². The van der Waals surface area contributed by atoms with Crippen molar-refractivity contribution in [3.8, 4) is 0 Å². The van der Waals surface area contributed by atoms with E-state index in [1.54, 1.807) is 16.7 Å². The average molecular weight is 298 g/mol. The Labute approximate surface area is 121 Å². The first-order valence-electron chi connectivity index (χ1n) is 6.32. The Hall–Kier alpha value is -1.62. The number of amides is 1. The second-order valence-corrected chi connectivity index (χ2v) is 5.92. The highest BCUT2D eigenvalue weighted by atomic mass is 35.5. The van der Waals surface area contributed by atoms with E-state index in [-0.39, 0.29) is 29.4 Å². The van der Waals surface area contributed by atoms with Gasteiger partial charge < -0.3 is 9.88 Å². The molecule has 1 aromatic carbocycles. The molecule has 6 heteroatoms. The summed E-state index contributed by atoms with van der Waals surface area (Å²) >= 11 is 5.83. The number of carbonyl (C=O) groups is 1. The van der Waals surface area contributed by atoms with Crippen LogP contribution in [-0.2, 0) is 17.2 Å². The highest BCUT2D eigenvalue weighted by Gasteiger charge is 2.18. The topological polar surface area (TPSA) is 46.9 Å². The van der Waals surface area contributed by atoms with Gasteiger partial charge >= 0.3 is 0 Å². The Morgan fingerprint density at radius 1 is 1.45 bits per heavy atom. The molecule has 0 fully saturated rings. The van der Waals surface area contributed by atoms with Crippen LogP contribution >= 0.6 is 11.6 Å². The number of aromatic nitrogens is 2. The van der Waals surface area contributed by atoms with Gasteiger partial charge in [0.2, 0.25) is 5.91 Å². The first-order valence-corrected chi connectivity index (χ1v) is 6.86. The van der Waals surface area contributed by atoms with Gasteiger partial charge in [-0.1, -0.05) is 6.07 Å². The smallest absolute Gasteiger partial charge is 0.240 e. The number of halogens is 2. The molecule has 0 atom stereocenters. The minimum atomic E-state index is -0.413. The van der Waals surface area contributed by atoms with Gasteiger partial charge in [-0.3, -0.25) is 4.79 Å². The van der Waals surface area contributed by atoms with Crippen molar-refractivity contribution in [2.24, 2.45) is 0 Å². The number of fused-ring (bicyclic) bond motifs is 1. The van der Waals surface area contributed by atoms with E-state index in [2.05, 4.69) is 10.3 Å². The molecule has 0 aliphatic rings. The largest absolute Gasteiger partial charge is 0.350 e. The molecular formula is C14H17ClFN3O. The van der Waals surface area contributed by atoms with Gasteiger partial charge in [0.15, 0.2) is 5.82 Å². The molecule has 1 aromatic heterocycles. The van der Waals surface area contributed by atoms with Crippen molar-refractivity contribution >= 4 is 28.5 Å². The van der Waals surface area contributed by atoms with Crippen LogP contribution in [0.2, 0.25) is 0 Å². The Bertz CT molecular complexity index is 646. The fourth-order valence-electron chi connectivity index (χ4n) is 2.04. The van der Waals surface area contributed by atoms with Gasteiger partial charge in [0, 0.05) is 5.54 Å². The van der Waals surface area contributed by atoms with Gasteiger partial charge in [-0.15, -0.1) is 11.6 Å². The van der Waals surface area contributed by atoms with Crippen LogP contribution in [0.3, 0.4) is 0 Å². The van der Waals surface area contributed by atoms with E-state index in [1.165, 1.54) is 6.07 Å². The van der Waals surface area contributed by atoms with Crippen LogP contribution in [-0.4, -0.2) is 21.0 Å². The molecule has 0 saturated heterocycles. The lowest BCUT2D eigenvalue weighted by Gasteiger charge is -2.21. The van der Waals surface area contributed by atoms with E-state index in [9.17, 15) is 9.18 Å². The van der Waals surface area contributed by atoms with Crippen LogP contribution in [0.1, 0.15) is 26.6 Å². The van der Waals surface area contributed by atoms with Gasteiger partial charge in [-0.2, -0.15) is 0 Å². The maximum Gasteiger partial charge on any atom is 0.240 e. The van der Waals surface area contributed by atoms with E-state index < -0.39 is 5.82 Å². The second-order valence-electron chi connectivity index (χ2n) is 5.65. The predicted octanol–water partition coefficient (Wildman–Crippen LogP) is 2.83. The van der Waals surface area contributed by atoms with Crippen LogP contribution < -0.4 is 5.32 Å². The Kier molecular flexibility index (Phi) is 3.99. The molecule has 2 rings (SSSR count). The van der Waals surface area contributed by atoms with Crippen molar-refractivity contribution in [2.75, 3.05) is 0 Å². The zero-order valence-corrected chi connectivity index (χ0v) is 12.5. The molecular weight excluding hydrogens is 281 g/mol. The van der Waals surface area contributed by atoms with Gasteiger partial charge in [0.05, 0.1) is 11.4 Å². The molecule has 20 heavy (non-hydrogen) atoms. The molecule has 1 amide bonds. The molecule has 0 saturated carbocycles. The van der Waals surface area contributed by atoms with Crippen molar-refractivity contribution in [1.29, 1.82) is 0 Å². The van der Waals surface area contributed by atoms with Crippen LogP contribution in [0.25, 0.3) is 11.0 Å². The van der Waals surface area contributed by atoms with Crippen molar-refractivity contribution < 1.29 is 9.18 Å². The number of hydrogen-bond acceptors (Lipinski definition) is 2. The minimum Gasteiger partial charge on any atom is -0.350 e. The quantitative estimate of drug-likeness (QED) is 0.886. The van der Waals surface area contributed by atoms with Crippen LogP contribution in [0.4, 0.5) is 4.39 Å². The maximum atomic E-state index is 13.7. The number of hydrogen-bond donors (Lipinski definition) is 1. The summed E-state index contributed by atoms with van der Waals surface area (Å²) in [5, 5.41) is 2.86. The SMILES string of the molecule is CC(C)(C)NC(=O)Cn1c(CCl)nc2c(F)cccc21. The molecule has 0 aliphatic carbocycles. The Morgan fingerprint density at radius 3 is 2.75 bits per heavy atom. The number of rotatable bonds is 3. The molecule has 0 aliphatic heterocycles. The van der Waals surface area contributed by atoms with Gasteiger partial charge in [-0.05, 0) is 32.9 Å². The van der Waals surface area contributed by atoms with E-state index >= 15 is 0 Å². The van der Waals surface area contributed by atoms with E-state index in [0.717, 1.165) is 0 Å². The fraction of sp³-hybridized carbons (Fsp3) is 0.429. The number of benzene rings is 1. The summed E-state index contributed by atoms with van der Waals surface area (Å²) in [6.45, 7) is 5.77. The van der Waals surface area contributed by atoms with Gasteiger partial charge in [0.25, 0.3) is 0 Å². The van der Waals surface area contributed by atoms with Crippen molar-refractivity contribution in [3.05, 3.63) is 29.8 Å². The monoisotopic (exact) mass is 297 g/mol. The van der Waals surface area contributed by atoms with Crippen LogP contribution in [0.5, 0.6) is 0 Å². The number of alkyl halides is 1. The third-order valence-electron chi connectivity index (χ3n) is 2.74. The zero-order chi connectivity index (χ0) is 14.9. The normalized spacial score (nSPS) is 11.8. The number of carbonyl (C=O) groups excluding carboxylic acids is 1. The third kappa shape index (κ3) is 3.10. The molecule has 0 spiro atoms. The van der Waals surface area contributed by atoms with E-state index in [4.69, 9.17) is 11.6 Å². The van der Waals surface area contributed by atoms with Crippen molar-refractivity contribution in [2.45, 2.75) is 38.7 Å². The molecule has 0 bridgehead atoms. The van der Waals surface area contributed by atoms with Gasteiger partial charge in [0.1, 0.15) is 17.9 Å². The first kappa shape index (κ1) is 14.8. The van der Waals surface area contributed by atoms with Crippen LogP contribution in [0.15, 0.2) is 18.2 Å². The number of para-hydroxylation sites is 1. The summed E-state index contributed by atoms with van der Waals surface area (Å²) in [5.41, 5.74) is 0.497. The summed E-state index contributed by atoms with van der Waals surface area (Å²) in [7, 11) is 0. The summed E-state index contributed by atoms with van der Waals surface area (Å²) in [5.74, 6) is 0.0313. The Balaban J connectivity index is 2.38. The second kappa shape index (κ2) is 5.40. The van der Waals surface area contributed by atoms with Crippen molar-refractivity contribution in [1.82, 2.24) is 14.9 Å². The van der Waals surface area contributed by atoms with Crippen molar-refractivity contribution in [3.63, 3.8) is 0 Å². The third-order valence-corrected chi connectivity index (χ3v) is 2.98. The molecule has 0 radical (unpaired) electrons. The standard InChI is InChI=1S/C14H17ClFN3O/c1-14(2,3)18-12(20)8-19-10-6-4-5-9(16)13(10)17-11(19)7-15/h4-6H,7-8H2,1-3H3,(H,18,20). The van der Waals surface area contributed by atoms with Gasteiger partial charge in [-0.25, -0.2) is 9.37 Å².